The van der Waals surface area contributed by atoms with Crippen molar-refractivity contribution in [1.82, 2.24) is 14.8 Å². The normalized spacial score (nSPS) is 10.5. The molecule has 0 radical (unpaired) electrons. The van der Waals surface area contributed by atoms with Gasteiger partial charge >= 0.3 is 5.97 Å². The average molecular weight is 441 g/mol. The molecule has 9 heteroatoms. The molecule has 160 valence electrons. The molecule has 0 aliphatic carbocycles. The molecule has 8 nitrogen and oxygen atoms in total. The van der Waals surface area contributed by atoms with Gasteiger partial charge in [-0.15, -0.1) is 0 Å². The maximum absolute atomic E-state index is 12.3. The summed E-state index contributed by atoms with van der Waals surface area (Å²) in [6, 6.07) is 10.3. The molecule has 0 unspecified atom stereocenters. The SMILES string of the molecule is Cc1ccc(C(=O)CCC(=O)OCC(=O)Nc2cc(Cl)ccc2-n2cncn2)cc1C. The van der Waals surface area contributed by atoms with Crippen LogP contribution >= 0.6 is 11.6 Å². The predicted molar refractivity (Wildman–Crippen MR) is 115 cm³/mol. The molecule has 1 aromatic heterocycles. The fourth-order valence-corrected chi connectivity index (χ4v) is 2.99. The molecule has 1 amide bonds. The molecular weight excluding hydrogens is 420 g/mol. The zero-order valence-corrected chi connectivity index (χ0v) is 17.8. The quantitative estimate of drug-likeness (QED) is 0.423. The monoisotopic (exact) mass is 440 g/mol. The number of benzene rings is 2. The van der Waals surface area contributed by atoms with Gasteiger partial charge in [0.25, 0.3) is 5.91 Å². The molecule has 2 aromatic carbocycles. The Morgan fingerprint density at radius 1 is 1.06 bits per heavy atom. The molecule has 0 atom stereocenters. The smallest absolute Gasteiger partial charge is 0.306 e. The second-order valence-electron chi connectivity index (χ2n) is 6.93. The van der Waals surface area contributed by atoms with Crippen molar-refractivity contribution < 1.29 is 19.1 Å². The Bertz CT molecular complexity index is 1110. The first-order valence-corrected chi connectivity index (χ1v) is 9.92. The number of anilines is 1. The molecule has 31 heavy (non-hydrogen) atoms. The maximum Gasteiger partial charge on any atom is 0.306 e. The lowest BCUT2D eigenvalue weighted by atomic mass is 10.0. The highest BCUT2D eigenvalue weighted by molar-refractivity contribution is 6.31. The number of halogens is 1. The van der Waals surface area contributed by atoms with E-state index in [4.69, 9.17) is 16.3 Å². The minimum absolute atomic E-state index is 0.00763. The number of amides is 1. The number of hydrogen-bond acceptors (Lipinski definition) is 6. The van der Waals surface area contributed by atoms with Crippen LogP contribution in [-0.4, -0.2) is 39.0 Å². The van der Waals surface area contributed by atoms with Crippen molar-refractivity contribution in [2.75, 3.05) is 11.9 Å². The number of nitrogens with zero attached hydrogens (tertiary/aromatic N) is 3. The van der Waals surface area contributed by atoms with Crippen molar-refractivity contribution in [2.45, 2.75) is 26.7 Å². The predicted octanol–water partition coefficient (Wildman–Crippen LogP) is 3.68. The van der Waals surface area contributed by atoms with E-state index in [1.807, 2.05) is 19.9 Å². The van der Waals surface area contributed by atoms with E-state index in [0.29, 0.717) is 22.0 Å². The highest BCUT2D eigenvalue weighted by atomic mass is 35.5. The standard InChI is InChI=1S/C22H21ClN4O4/c1-14-3-4-16(9-15(14)2)20(28)7-8-22(30)31-11-21(29)26-18-10-17(23)5-6-19(18)27-13-24-12-25-27/h3-6,9-10,12-13H,7-8,11H2,1-2H3,(H,26,29). The molecule has 0 fully saturated rings. The summed E-state index contributed by atoms with van der Waals surface area (Å²) in [5.41, 5.74) is 3.60. The maximum atomic E-state index is 12.3. The number of Topliss-reactive ketones (excluding diaryl/α,β-unsaturated/α-hetero) is 1. The van der Waals surface area contributed by atoms with E-state index < -0.39 is 18.5 Å². The van der Waals surface area contributed by atoms with Gasteiger partial charge in [-0.2, -0.15) is 5.10 Å². The lowest BCUT2D eigenvalue weighted by molar-refractivity contribution is -0.147. The van der Waals surface area contributed by atoms with Crippen molar-refractivity contribution in [1.29, 1.82) is 0 Å². The van der Waals surface area contributed by atoms with Crippen LogP contribution in [0, 0.1) is 13.8 Å². The van der Waals surface area contributed by atoms with Gasteiger partial charge in [0.1, 0.15) is 12.7 Å². The number of rotatable bonds is 8. The van der Waals surface area contributed by atoms with Crippen molar-refractivity contribution in [3.63, 3.8) is 0 Å². The highest BCUT2D eigenvalue weighted by Gasteiger charge is 2.14. The van der Waals surface area contributed by atoms with Gasteiger partial charge in [-0.1, -0.05) is 23.7 Å². The van der Waals surface area contributed by atoms with E-state index in [1.54, 1.807) is 30.3 Å². The molecule has 0 aliphatic rings. The number of esters is 1. The first kappa shape index (κ1) is 22.2. The Morgan fingerprint density at radius 2 is 1.87 bits per heavy atom. The fourth-order valence-electron chi connectivity index (χ4n) is 2.82. The average Bonchev–Trinajstić information content (AvgIpc) is 3.27. The van der Waals surface area contributed by atoms with E-state index in [-0.39, 0.29) is 18.6 Å². The van der Waals surface area contributed by atoms with Crippen molar-refractivity contribution in [3.05, 3.63) is 70.8 Å². The second-order valence-corrected chi connectivity index (χ2v) is 7.37. The summed E-state index contributed by atoms with van der Waals surface area (Å²) in [6.45, 7) is 3.40. The first-order chi connectivity index (χ1) is 14.8. The van der Waals surface area contributed by atoms with E-state index in [9.17, 15) is 14.4 Å². The van der Waals surface area contributed by atoms with Gasteiger partial charge in [0.2, 0.25) is 0 Å². The number of aromatic nitrogens is 3. The second kappa shape index (κ2) is 9.99. The molecule has 0 bridgehead atoms. The minimum atomic E-state index is -0.630. The number of aryl methyl sites for hydroxylation is 2. The fraction of sp³-hybridized carbons (Fsp3) is 0.227. The summed E-state index contributed by atoms with van der Waals surface area (Å²) in [5, 5.41) is 7.09. The number of carbonyl (C=O) groups is 3. The number of ether oxygens (including phenoxy) is 1. The van der Waals surface area contributed by atoms with Gasteiger partial charge in [0.15, 0.2) is 12.4 Å². The molecule has 1 heterocycles. The van der Waals surface area contributed by atoms with E-state index in [0.717, 1.165) is 11.1 Å². The number of hydrogen-bond donors (Lipinski definition) is 1. The van der Waals surface area contributed by atoms with Crippen LogP contribution in [0.5, 0.6) is 0 Å². The van der Waals surface area contributed by atoms with E-state index >= 15 is 0 Å². The van der Waals surface area contributed by atoms with Crippen molar-refractivity contribution in [2.24, 2.45) is 0 Å². The molecule has 3 aromatic rings. The molecule has 0 spiro atoms. The first-order valence-electron chi connectivity index (χ1n) is 9.54. The van der Waals surface area contributed by atoms with Gasteiger partial charge in [0.05, 0.1) is 17.8 Å². The van der Waals surface area contributed by atoms with Crippen LogP contribution in [0.2, 0.25) is 5.02 Å². The van der Waals surface area contributed by atoms with Crippen molar-refractivity contribution >= 4 is 34.9 Å². The Hall–Kier alpha value is -3.52. The van der Waals surface area contributed by atoms with Gasteiger partial charge in [-0.3, -0.25) is 14.4 Å². The van der Waals surface area contributed by atoms with Crippen LogP contribution in [0.25, 0.3) is 5.69 Å². The third-order valence-electron chi connectivity index (χ3n) is 4.65. The van der Waals surface area contributed by atoms with Crippen molar-refractivity contribution in [3.8, 4) is 5.69 Å². The zero-order valence-electron chi connectivity index (χ0n) is 17.1. The zero-order chi connectivity index (χ0) is 22.4. The highest BCUT2D eigenvalue weighted by Crippen LogP contribution is 2.24. The number of nitrogens with one attached hydrogen (secondary N) is 1. The molecule has 0 saturated heterocycles. The van der Waals surface area contributed by atoms with Crippen LogP contribution in [-0.2, 0) is 14.3 Å². The molecule has 0 saturated carbocycles. The topological polar surface area (TPSA) is 103 Å². The largest absolute Gasteiger partial charge is 0.456 e. The molecule has 1 N–H and O–H groups in total. The van der Waals surface area contributed by atoms with Crippen LogP contribution in [0.15, 0.2) is 49.1 Å². The Balaban J connectivity index is 1.51. The van der Waals surface area contributed by atoms with Crippen LogP contribution < -0.4 is 5.32 Å². The number of carbonyl (C=O) groups excluding carboxylic acids is 3. The van der Waals surface area contributed by atoms with Crippen LogP contribution in [0.4, 0.5) is 5.69 Å². The van der Waals surface area contributed by atoms with E-state index in [2.05, 4.69) is 15.4 Å². The van der Waals surface area contributed by atoms with Gasteiger partial charge in [-0.25, -0.2) is 9.67 Å². The summed E-state index contributed by atoms with van der Waals surface area (Å²) in [6.07, 6.45) is 2.74. The Labute approximate surface area is 184 Å². The summed E-state index contributed by atoms with van der Waals surface area (Å²) < 4.78 is 6.46. The summed E-state index contributed by atoms with van der Waals surface area (Å²) in [7, 11) is 0. The van der Waals surface area contributed by atoms with Crippen LogP contribution in [0.3, 0.4) is 0 Å². The molecule has 0 aliphatic heterocycles. The number of ketones is 1. The summed E-state index contributed by atoms with van der Waals surface area (Å²) >= 11 is 6.02. The molecule has 3 rings (SSSR count). The molecular formula is C22H21ClN4O4. The minimum Gasteiger partial charge on any atom is -0.456 e. The van der Waals surface area contributed by atoms with Crippen LogP contribution in [0.1, 0.15) is 34.3 Å². The van der Waals surface area contributed by atoms with Gasteiger partial charge in [0, 0.05) is 17.0 Å². The third kappa shape index (κ3) is 5.99. The summed E-state index contributed by atoms with van der Waals surface area (Å²) in [4.78, 5) is 40.3. The Morgan fingerprint density at radius 3 is 2.58 bits per heavy atom. The van der Waals surface area contributed by atoms with E-state index in [1.165, 1.54) is 17.3 Å². The van der Waals surface area contributed by atoms with Gasteiger partial charge < -0.3 is 10.1 Å². The third-order valence-corrected chi connectivity index (χ3v) is 4.88. The summed E-state index contributed by atoms with van der Waals surface area (Å²) in [5.74, 6) is -1.33. The lowest BCUT2D eigenvalue weighted by Gasteiger charge is -2.11. The lowest BCUT2D eigenvalue weighted by Crippen LogP contribution is -2.22. The van der Waals surface area contributed by atoms with Gasteiger partial charge in [-0.05, 0) is 49.2 Å². The Kier molecular flexibility index (Phi) is 7.15.